The Kier molecular flexibility index (Phi) is 15.4. The van der Waals surface area contributed by atoms with Crippen LogP contribution in [-0.2, 0) is 19.2 Å². The van der Waals surface area contributed by atoms with E-state index in [1.807, 2.05) is 6.92 Å². The molecule has 4 amide bonds. The van der Waals surface area contributed by atoms with Crippen molar-refractivity contribution in [2.45, 2.75) is 89.6 Å². The van der Waals surface area contributed by atoms with Gasteiger partial charge >= 0.3 is 5.97 Å². The second-order valence-electron chi connectivity index (χ2n) is 16.1. The van der Waals surface area contributed by atoms with Crippen LogP contribution >= 0.6 is 15.9 Å². The summed E-state index contributed by atoms with van der Waals surface area (Å²) in [4.78, 5) is 86.4. The van der Waals surface area contributed by atoms with Crippen LogP contribution in [0.15, 0.2) is 64.1 Å². The van der Waals surface area contributed by atoms with Gasteiger partial charge in [-0.3, -0.25) is 33.8 Å². The molecule has 0 radical (unpaired) electrons. The highest BCUT2D eigenvalue weighted by molar-refractivity contribution is 9.12. The molecule has 4 aliphatic rings. The van der Waals surface area contributed by atoms with Crippen molar-refractivity contribution in [1.82, 2.24) is 15.1 Å². The largest absolute Gasteiger partial charge is 0.493 e. The Labute approximate surface area is 370 Å². The molecule has 0 bridgehead atoms. The van der Waals surface area contributed by atoms with Gasteiger partial charge in [0.1, 0.15) is 5.75 Å². The maximum absolute atomic E-state index is 13.9. The van der Waals surface area contributed by atoms with Crippen molar-refractivity contribution in [2.24, 2.45) is 4.99 Å². The third-order valence-corrected chi connectivity index (χ3v) is 12.0. The number of carbonyl (C=O) groups is 6. The summed E-state index contributed by atoms with van der Waals surface area (Å²) in [6.07, 6.45) is 7.76. The molecule has 2 fully saturated rings. The molecule has 330 valence electrons. The summed E-state index contributed by atoms with van der Waals surface area (Å²) in [6, 6.07) is 6.71. The second-order valence-corrected chi connectivity index (χ2v) is 17.0. The minimum Gasteiger partial charge on any atom is -0.493 e. The molecule has 4 aliphatic heterocycles. The van der Waals surface area contributed by atoms with E-state index in [4.69, 9.17) is 19.3 Å². The Morgan fingerprint density at radius 2 is 1.55 bits per heavy atom. The molecule has 0 aliphatic carbocycles. The number of nitrogens with zero attached hydrogens (tertiary/aromatic N) is 4. The lowest BCUT2D eigenvalue weighted by molar-refractivity contribution is -0.137. The van der Waals surface area contributed by atoms with E-state index in [9.17, 15) is 28.8 Å². The van der Waals surface area contributed by atoms with Crippen molar-refractivity contribution < 1.29 is 48.1 Å². The number of rotatable bonds is 20. The van der Waals surface area contributed by atoms with Crippen molar-refractivity contribution in [3.63, 3.8) is 0 Å². The van der Waals surface area contributed by atoms with E-state index in [0.29, 0.717) is 98.3 Å². The topological polar surface area (TPSA) is 184 Å². The van der Waals surface area contributed by atoms with Crippen LogP contribution < -0.4 is 24.4 Å². The second kappa shape index (κ2) is 20.9. The first-order chi connectivity index (χ1) is 29.7. The van der Waals surface area contributed by atoms with Crippen LogP contribution in [0, 0.1) is 6.92 Å². The number of amides is 4. The Morgan fingerprint density at radius 3 is 2.29 bits per heavy atom. The minimum atomic E-state index is -0.953. The molecule has 15 nitrogen and oxygen atoms in total. The van der Waals surface area contributed by atoms with Gasteiger partial charge in [0.05, 0.1) is 59.4 Å². The summed E-state index contributed by atoms with van der Waals surface area (Å²) in [5, 5.41) is 11.3. The van der Waals surface area contributed by atoms with Crippen LogP contribution in [0.25, 0.3) is 0 Å². The van der Waals surface area contributed by atoms with Crippen molar-refractivity contribution in [3.8, 4) is 17.2 Å². The number of aliphatic carboxylic acids is 1. The summed E-state index contributed by atoms with van der Waals surface area (Å²) in [6.45, 7) is 12.3. The number of carbonyl (C=O) groups excluding carboxylic acids is 5. The van der Waals surface area contributed by atoms with Gasteiger partial charge in [0.2, 0.25) is 11.8 Å². The zero-order chi connectivity index (χ0) is 44.5. The van der Waals surface area contributed by atoms with Gasteiger partial charge in [0, 0.05) is 69.9 Å². The van der Waals surface area contributed by atoms with Gasteiger partial charge in [-0.15, -0.1) is 0 Å². The molecule has 2 aromatic carbocycles. The first kappa shape index (κ1) is 45.7. The smallest absolute Gasteiger partial charge is 0.303 e. The van der Waals surface area contributed by atoms with Gasteiger partial charge in [0.15, 0.2) is 17.3 Å². The number of fused-ring (bicyclic) bond motifs is 4. The number of carboxylic acids is 1. The Balaban J connectivity index is 1.01. The fourth-order valence-electron chi connectivity index (χ4n) is 8.07. The number of ether oxygens (including phenoxy) is 3. The van der Waals surface area contributed by atoms with Crippen LogP contribution in [0.4, 0.5) is 11.4 Å². The zero-order valence-corrected chi connectivity index (χ0v) is 36.9. The number of anilines is 1. The summed E-state index contributed by atoms with van der Waals surface area (Å²) >= 11 is 3.16. The number of allylic oxidation sites excluding steroid dienone is 1. The molecule has 16 heteroatoms. The highest BCUT2D eigenvalue weighted by Gasteiger charge is 2.40. The molecule has 2 saturated heterocycles. The van der Waals surface area contributed by atoms with Crippen LogP contribution in [0.1, 0.15) is 96.9 Å². The average Bonchev–Trinajstić information content (AvgIpc) is 3.75. The number of hydrogen-bond acceptors (Lipinski definition) is 10. The van der Waals surface area contributed by atoms with Crippen molar-refractivity contribution >= 4 is 68.9 Å². The highest BCUT2D eigenvalue weighted by Crippen LogP contribution is 2.40. The van der Waals surface area contributed by atoms with E-state index in [-0.39, 0.29) is 72.3 Å². The lowest BCUT2D eigenvalue weighted by Gasteiger charge is -2.26. The standard InChI is InChI=1S/C46H54BrN5O10/c1-28-17-31-24-49-36-22-41(40(60-4)20-33(36)45(58)50(31)25-28)62-16-9-5-8-15-61-39-23-37-34(19-30(39)3)46(59)51-26-29(2)18-32(51)27-52(37)43(55)12-7-6-11-38(53)35(47)21-42(54)48-14-10-13-44(56)57/h19-24,31-32H,1-2,5-18,25-27H2,3-4H3,(H,48,54)(H,56,57)/b35-21+/t31-,32-/m0/s1. The monoisotopic (exact) mass is 915 g/mol. The molecule has 62 heavy (non-hydrogen) atoms. The molecule has 6 rings (SSSR count). The van der Waals surface area contributed by atoms with E-state index >= 15 is 0 Å². The molecule has 0 aromatic heterocycles. The quantitative estimate of drug-likeness (QED) is 0.0831. The van der Waals surface area contributed by atoms with Gasteiger partial charge in [-0.2, -0.15) is 0 Å². The molecule has 2 atom stereocenters. The van der Waals surface area contributed by atoms with Gasteiger partial charge in [0.25, 0.3) is 11.8 Å². The summed E-state index contributed by atoms with van der Waals surface area (Å²) < 4.78 is 18.0. The maximum Gasteiger partial charge on any atom is 0.303 e. The number of aliphatic imine (C=N–C) groups is 1. The predicted octanol–water partition coefficient (Wildman–Crippen LogP) is 6.62. The van der Waals surface area contributed by atoms with E-state index < -0.39 is 11.9 Å². The number of nitrogens with one attached hydrogen (secondary N) is 1. The Bertz CT molecular complexity index is 2200. The Hall–Kier alpha value is -5.77. The van der Waals surface area contributed by atoms with Crippen LogP contribution in [0.2, 0.25) is 0 Å². The van der Waals surface area contributed by atoms with Gasteiger partial charge < -0.3 is 39.3 Å². The minimum absolute atomic E-state index is 0.0706. The fraction of sp³-hybridized carbons (Fsp3) is 0.457. The first-order valence-corrected chi connectivity index (χ1v) is 21.8. The van der Waals surface area contributed by atoms with Crippen molar-refractivity contribution in [2.75, 3.05) is 51.4 Å². The number of methoxy groups -OCH3 is 1. The lowest BCUT2D eigenvalue weighted by atomic mass is 10.0. The molecule has 2 N–H and O–H groups in total. The van der Waals surface area contributed by atoms with Gasteiger partial charge in [-0.1, -0.05) is 24.3 Å². The highest BCUT2D eigenvalue weighted by atomic mass is 79.9. The number of hydrogen-bond donors (Lipinski definition) is 2. The van der Waals surface area contributed by atoms with E-state index in [1.165, 1.54) is 0 Å². The average molecular weight is 917 g/mol. The lowest BCUT2D eigenvalue weighted by Crippen LogP contribution is -2.42. The number of carboxylic acid groups (broad SMARTS) is 1. The fourth-order valence-corrected chi connectivity index (χ4v) is 8.48. The normalized spacial score (nSPS) is 18.1. The molecule has 0 spiro atoms. The molecule has 4 heterocycles. The summed E-state index contributed by atoms with van der Waals surface area (Å²) in [5.74, 6) is -0.619. The molecule has 2 aromatic rings. The van der Waals surface area contributed by atoms with Crippen LogP contribution in [0.3, 0.4) is 0 Å². The van der Waals surface area contributed by atoms with Crippen molar-refractivity contribution in [3.05, 3.63) is 75.8 Å². The van der Waals surface area contributed by atoms with E-state index in [1.54, 1.807) is 52.3 Å². The number of benzene rings is 2. The molecular formula is C46H54BrN5O10. The van der Waals surface area contributed by atoms with E-state index in [0.717, 1.165) is 42.0 Å². The van der Waals surface area contributed by atoms with Gasteiger partial charge in [-0.05, 0) is 91.9 Å². The number of Topliss-reactive ketones (excluding diaryl/α,β-unsaturated/α-hetero) is 1. The summed E-state index contributed by atoms with van der Waals surface area (Å²) in [5.41, 5.74) is 4.65. The molecular weight excluding hydrogens is 862 g/mol. The van der Waals surface area contributed by atoms with Gasteiger partial charge in [-0.25, -0.2) is 0 Å². The predicted molar refractivity (Wildman–Crippen MR) is 237 cm³/mol. The van der Waals surface area contributed by atoms with Crippen molar-refractivity contribution in [1.29, 1.82) is 0 Å². The van der Waals surface area contributed by atoms with Crippen LogP contribution in [-0.4, -0.2) is 115 Å². The molecule has 0 saturated carbocycles. The third kappa shape index (κ3) is 11.2. The SMILES string of the molecule is C=C1C[C@H]2CN(C(=O)CCCCC(=O)/C(Br)=C\C(=O)NCCCC(=O)O)c3cc(OCCCCCOc4cc5c(cc4OC)C(=O)N4CC(=C)C[C@H]4C=N5)c(C)cc3C(=O)N2C1. The first-order valence-electron chi connectivity index (χ1n) is 21.1. The number of aryl methyl sites for hydroxylation is 1. The number of unbranched alkanes of at least 4 members (excludes halogenated alkanes) is 3. The zero-order valence-electron chi connectivity index (χ0n) is 35.3. The number of ketones is 1. The van der Waals surface area contributed by atoms with E-state index in [2.05, 4.69) is 39.4 Å². The molecule has 0 unspecified atom stereocenters. The third-order valence-electron chi connectivity index (χ3n) is 11.3. The maximum atomic E-state index is 13.9. The Morgan fingerprint density at radius 1 is 0.855 bits per heavy atom. The van der Waals surface area contributed by atoms with Crippen LogP contribution in [0.5, 0.6) is 17.2 Å². The number of halogens is 1. The summed E-state index contributed by atoms with van der Waals surface area (Å²) in [7, 11) is 1.54.